The van der Waals surface area contributed by atoms with Crippen molar-refractivity contribution in [3.05, 3.63) is 44.5 Å². The Morgan fingerprint density at radius 1 is 0.600 bits per heavy atom. The Kier molecular flexibility index (Phi) is 2.00. The molecule has 0 aromatic heterocycles. The summed E-state index contributed by atoms with van der Waals surface area (Å²) in [7, 11) is 0. The molecule has 0 spiro atoms. The second-order valence-electron chi connectivity index (χ2n) is 6.16. The average molecular weight is 264 g/mol. The molecule has 20 heavy (non-hydrogen) atoms. The summed E-state index contributed by atoms with van der Waals surface area (Å²) in [6.07, 6.45) is 0.993. The first kappa shape index (κ1) is 11.8. The van der Waals surface area contributed by atoms with Gasteiger partial charge in [0, 0.05) is 24.0 Å². The third kappa shape index (κ3) is 1.08. The van der Waals surface area contributed by atoms with Gasteiger partial charge in [-0.1, -0.05) is 0 Å². The Morgan fingerprint density at radius 3 is 1.30 bits per heavy atom. The molecule has 2 aliphatic rings. The summed E-state index contributed by atoms with van der Waals surface area (Å²) < 4.78 is 0. The SMILES string of the molecule is Cc1c(C)c2c3c(c(C)c(C)c4c3c1CC4=O)CC2=O. The van der Waals surface area contributed by atoms with Gasteiger partial charge >= 0.3 is 0 Å². The van der Waals surface area contributed by atoms with E-state index in [0.29, 0.717) is 12.8 Å². The van der Waals surface area contributed by atoms with Gasteiger partial charge in [0.2, 0.25) is 0 Å². The van der Waals surface area contributed by atoms with Crippen molar-refractivity contribution in [2.45, 2.75) is 40.5 Å². The number of benzene rings is 2. The van der Waals surface area contributed by atoms with Crippen molar-refractivity contribution >= 4 is 22.3 Å². The lowest BCUT2D eigenvalue weighted by molar-refractivity contribution is 0.0992. The average Bonchev–Trinajstić information content (AvgIpc) is 2.91. The Labute approximate surface area is 117 Å². The zero-order valence-corrected chi connectivity index (χ0v) is 12.2. The van der Waals surface area contributed by atoms with Crippen LogP contribution in [0.25, 0.3) is 10.8 Å². The lowest BCUT2D eigenvalue weighted by Crippen LogP contribution is -2.02. The van der Waals surface area contributed by atoms with E-state index in [4.69, 9.17) is 0 Å². The Hall–Kier alpha value is -1.96. The maximum Gasteiger partial charge on any atom is 0.168 e. The van der Waals surface area contributed by atoms with Crippen LogP contribution in [0.3, 0.4) is 0 Å². The minimum Gasteiger partial charge on any atom is -0.294 e. The highest BCUT2D eigenvalue weighted by atomic mass is 16.1. The molecular weight excluding hydrogens is 248 g/mol. The number of rotatable bonds is 0. The predicted octanol–water partition coefficient (Wildman–Crippen LogP) is 3.55. The number of Topliss-reactive ketones (excluding diaryl/α,β-unsaturated/α-hetero) is 2. The van der Waals surface area contributed by atoms with Gasteiger partial charge in [-0.15, -0.1) is 0 Å². The first-order valence-electron chi connectivity index (χ1n) is 7.07. The van der Waals surface area contributed by atoms with Gasteiger partial charge in [-0.2, -0.15) is 0 Å². The summed E-state index contributed by atoms with van der Waals surface area (Å²) in [5.74, 6) is 0.428. The van der Waals surface area contributed by atoms with E-state index in [2.05, 4.69) is 0 Å². The van der Waals surface area contributed by atoms with Crippen LogP contribution in [-0.2, 0) is 12.8 Å². The lowest BCUT2D eigenvalue weighted by atomic mass is 9.88. The van der Waals surface area contributed by atoms with Gasteiger partial charge < -0.3 is 0 Å². The molecule has 2 aromatic rings. The van der Waals surface area contributed by atoms with Gasteiger partial charge in [-0.25, -0.2) is 0 Å². The van der Waals surface area contributed by atoms with Crippen molar-refractivity contribution < 1.29 is 9.59 Å². The number of carbonyl (C=O) groups excluding carboxylic acids is 2. The molecule has 4 rings (SSSR count). The molecule has 0 radical (unpaired) electrons. The molecule has 0 N–H and O–H groups in total. The lowest BCUT2D eigenvalue weighted by Gasteiger charge is -2.14. The van der Waals surface area contributed by atoms with Crippen LogP contribution in [0.4, 0.5) is 0 Å². The van der Waals surface area contributed by atoms with Crippen LogP contribution in [0.2, 0.25) is 0 Å². The predicted molar refractivity (Wildman–Crippen MR) is 79.0 cm³/mol. The Morgan fingerprint density at radius 2 is 0.950 bits per heavy atom. The van der Waals surface area contributed by atoms with E-state index in [1.165, 1.54) is 0 Å². The molecule has 0 amide bonds. The van der Waals surface area contributed by atoms with Crippen LogP contribution < -0.4 is 0 Å². The molecule has 2 heteroatoms. The van der Waals surface area contributed by atoms with Crippen LogP contribution in [0.5, 0.6) is 0 Å². The minimum atomic E-state index is 0.214. The summed E-state index contributed by atoms with van der Waals surface area (Å²) in [5, 5.41) is 2.16. The summed E-state index contributed by atoms with van der Waals surface area (Å²) in [5.41, 5.74) is 8.44. The number of ketones is 2. The van der Waals surface area contributed by atoms with Gasteiger partial charge in [-0.3, -0.25) is 9.59 Å². The maximum absolute atomic E-state index is 12.4. The maximum atomic E-state index is 12.4. The van der Waals surface area contributed by atoms with Crippen molar-refractivity contribution in [1.29, 1.82) is 0 Å². The molecule has 0 heterocycles. The summed E-state index contributed by atoms with van der Waals surface area (Å²) in [4.78, 5) is 24.8. The second-order valence-corrected chi connectivity index (χ2v) is 6.16. The largest absolute Gasteiger partial charge is 0.294 e. The molecule has 0 saturated carbocycles. The zero-order chi connectivity index (χ0) is 14.3. The molecule has 0 saturated heterocycles. The molecule has 0 bridgehead atoms. The topological polar surface area (TPSA) is 34.1 Å². The summed E-state index contributed by atoms with van der Waals surface area (Å²) >= 11 is 0. The van der Waals surface area contributed by atoms with E-state index < -0.39 is 0 Å². The Balaban J connectivity index is 2.40. The zero-order valence-electron chi connectivity index (χ0n) is 12.2. The fraction of sp³-hybridized carbons (Fsp3) is 0.333. The van der Waals surface area contributed by atoms with Crippen LogP contribution in [0.1, 0.15) is 54.1 Å². The highest BCUT2D eigenvalue weighted by Crippen LogP contribution is 2.45. The second kappa shape index (κ2) is 3.38. The monoisotopic (exact) mass is 264 g/mol. The highest BCUT2D eigenvalue weighted by Gasteiger charge is 2.35. The fourth-order valence-electron chi connectivity index (χ4n) is 4.07. The first-order chi connectivity index (χ1) is 9.43. The van der Waals surface area contributed by atoms with Gasteiger partial charge in [0.25, 0.3) is 0 Å². The number of hydrogen-bond acceptors (Lipinski definition) is 2. The van der Waals surface area contributed by atoms with Gasteiger partial charge in [0.05, 0.1) is 0 Å². The quantitative estimate of drug-likeness (QED) is 0.729. The normalized spacial score (nSPS) is 15.8. The van der Waals surface area contributed by atoms with E-state index in [1.54, 1.807) is 0 Å². The Bertz CT molecular complexity index is 796. The third-order valence-electron chi connectivity index (χ3n) is 5.37. The number of hydrogen-bond donors (Lipinski definition) is 0. The number of carbonyl (C=O) groups is 2. The van der Waals surface area contributed by atoms with Crippen LogP contribution >= 0.6 is 0 Å². The molecule has 2 nitrogen and oxygen atoms in total. The van der Waals surface area contributed by atoms with E-state index in [1.807, 2.05) is 27.7 Å². The molecule has 2 aliphatic carbocycles. The summed E-state index contributed by atoms with van der Waals surface area (Å²) in [6, 6.07) is 0. The van der Waals surface area contributed by atoms with Crippen molar-refractivity contribution in [2.24, 2.45) is 0 Å². The van der Waals surface area contributed by atoms with E-state index in [9.17, 15) is 9.59 Å². The van der Waals surface area contributed by atoms with E-state index in [0.717, 1.165) is 55.3 Å². The smallest absolute Gasteiger partial charge is 0.168 e. The fourth-order valence-corrected chi connectivity index (χ4v) is 4.07. The summed E-state index contributed by atoms with van der Waals surface area (Å²) in [6.45, 7) is 8.13. The van der Waals surface area contributed by atoms with Gasteiger partial charge in [0.15, 0.2) is 11.6 Å². The molecule has 0 atom stereocenters. The third-order valence-corrected chi connectivity index (χ3v) is 5.37. The molecule has 0 fully saturated rings. The first-order valence-corrected chi connectivity index (χ1v) is 7.07. The van der Waals surface area contributed by atoms with Crippen molar-refractivity contribution in [1.82, 2.24) is 0 Å². The van der Waals surface area contributed by atoms with E-state index >= 15 is 0 Å². The van der Waals surface area contributed by atoms with Crippen molar-refractivity contribution in [3.8, 4) is 0 Å². The van der Waals surface area contributed by atoms with Crippen molar-refractivity contribution in [2.75, 3.05) is 0 Å². The molecule has 2 aromatic carbocycles. The standard InChI is InChI=1S/C18H16O2/c1-7-9(3)15-14(20)6-12-8(2)10(4)16-13(19)5-11(7)17(16)18(12)15/h5-6H2,1-4H3. The van der Waals surface area contributed by atoms with Crippen LogP contribution in [0.15, 0.2) is 0 Å². The molecule has 0 unspecified atom stereocenters. The van der Waals surface area contributed by atoms with Crippen LogP contribution in [-0.4, -0.2) is 11.6 Å². The highest BCUT2D eigenvalue weighted by molar-refractivity contribution is 6.26. The van der Waals surface area contributed by atoms with Crippen molar-refractivity contribution in [3.63, 3.8) is 0 Å². The molecular formula is C18H16O2. The minimum absolute atomic E-state index is 0.214. The molecule has 100 valence electrons. The van der Waals surface area contributed by atoms with Gasteiger partial charge in [0.1, 0.15) is 0 Å². The van der Waals surface area contributed by atoms with E-state index in [-0.39, 0.29) is 11.6 Å². The van der Waals surface area contributed by atoms with Gasteiger partial charge in [-0.05, 0) is 71.8 Å². The molecule has 0 aliphatic heterocycles. The van der Waals surface area contributed by atoms with Crippen LogP contribution in [0, 0.1) is 27.7 Å².